The Morgan fingerprint density at radius 1 is 1.12 bits per heavy atom. The zero-order valence-electron chi connectivity index (χ0n) is 24.1. The summed E-state index contributed by atoms with van der Waals surface area (Å²) in [6.07, 6.45) is 1.59. The average Bonchev–Trinajstić information content (AvgIpc) is 2.89. The van der Waals surface area contributed by atoms with Crippen molar-refractivity contribution in [2.75, 3.05) is 42.9 Å². The molecule has 4 rings (SSSR count). The van der Waals surface area contributed by atoms with Gasteiger partial charge in [-0.1, -0.05) is 30.7 Å². The Morgan fingerprint density at radius 3 is 2.38 bits per heavy atom. The van der Waals surface area contributed by atoms with E-state index in [4.69, 9.17) is 16.3 Å². The second-order valence-corrected chi connectivity index (χ2v) is 12.2. The molecule has 2 aromatic rings. The molecule has 1 aromatic heterocycles. The number of halogens is 1. The maximum absolute atomic E-state index is 14.0. The van der Waals surface area contributed by atoms with Gasteiger partial charge in [0.25, 0.3) is 0 Å². The van der Waals surface area contributed by atoms with Crippen LogP contribution >= 0.6 is 11.6 Å². The smallest absolute Gasteiger partial charge is 0.410 e. The van der Waals surface area contributed by atoms with E-state index in [-0.39, 0.29) is 30.3 Å². The number of nitrogens with one attached hydrogen (secondary N) is 1. The molecule has 2 aliphatic heterocycles. The van der Waals surface area contributed by atoms with Crippen molar-refractivity contribution in [3.63, 3.8) is 0 Å². The minimum atomic E-state index is -0.652. The summed E-state index contributed by atoms with van der Waals surface area (Å²) in [7, 11) is 0. The fourth-order valence-corrected chi connectivity index (χ4v) is 5.13. The van der Waals surface area contributed by atoms with Crippen LogP contribution in [0.2, 0.25) is 5.02 Å². The Morgan fingerprint density at radius 2 is 1.77 bits per heavy atom. The van der Waals surface area contributed by atoms with Gasteiger partial charge in [0.15, 0.2) is 0 Å². The van der Waals surface area contributed by atoms with Gasteiger partial charge in [-0.3, -0.25) is 9.59 Å². The van der Waals surface area contributed by atoms with Gasteiger partial charge in [-0.15, -0.1) is 0 Å². The molecule has 0 spiro atoms. The summed E-state index contributed by atoms with van der Waals surface area (Å²) in [4.78, 5) is 53.6. The maximum Gasteiger partial charge on any atom is 0.410 e. The van der Waals surface area contributed by atoms with Gasteiger partial charge in [-0.2, -0.15) is 0 Å². The minimum absolute atomic E-state index is 0.0392. The number of hydrogen-bond acceptors (Lipinski definition) is 7. The fraction of sp³-hybridized carbons (Fsp3) is 0.552. The van der Waals surface area contributed by atoms with Gasteiger partial charge < -0.3 is 24.8 Å². The summed E-state index contributed by atoms with van der Waals surface area (Å²) in [6, 6.07) is 7.05. The summed E-state index contributed by atoms with van der Waals surface area (Å²) < 4.78 is 5.66. The molecule has 1 fully saturated rings. The van der Waals surface area contributed by atoms with Gasteiger partial charge >= 0.3 is 6.09 Å². The van der Waals surface area contributed by atoms with Crippen LogP contribution < -0.4 is 10.2 Å². The Labute approximate surface area is 241 Å². The number of benzene rings is 1. The van der Waals surface area contributed by atoms with Crippen LogP contribution in [0.25, 0.3) is 0 Å². The lowest BCUT2D eigenvalue weighted by Crippen LogP contribution is -2.52. The number of fused-ring (bicyclic) bond motifs is 1. The lowest BCUT2D eigenvalue weighted by Gasteiger charge is -2.39. The van der Waals surface area contributed by atoms with E-state index in [2.05, 4.69) is 20.2 Å². The zero-order chi connectivity index (χ0) is 29.2. The number of ether oxygens (including phenoxy) is 1. The summed E-state index contributed by atoms with van der Waals surface area (Å²) >= 11 is 6.15. The Bertz CT molecular complexity index is 1240. The molecule has 2 atom stereocenters. The summed E-state index contributed by atoms with van der Waals surface area (Å²) in [5.74, 6) is 0.527. The van der Waals surface area contributed by atoms with Crippen LogP contribution in [0.3, 0.4) is 0 Å². The predicted molar refractivity (Wildman–Crippen MR) is 155 cm³/mol. The molecule has 3 heterocycles. The highest BCUT2D eigenvalue weighted by atomic mass is 35.5. The van der Waals surface area contributed by atoms with Gasteiger partial charge in [0.05, 0.1) is 5.92 Å². The number of carbonyl (C=O) groups excluding carboxylic acids is 3. The average molecular weight is 571 g/mol. The molecule has 11 heteroatoms. The number of rotatable bonds is 6. The molecule has 1 N–H and O–H groups in total. The van der Waals surface area contributed by atoms with Crippen molar-refractivity contribution in [1.82, 2.24) is 19.8 Å². The van der Waals surface area contributed by atoms with Gasteiger partial charge in [0.2, 0.25) is 11.8 Å². The van der Waals surface area contributed by atoms with Crippen molar-refractivity contribution in [2.24, 2.45) is 5.92 Å². The number of nitrogens with zero attached hydrogens (tertiary/aromatic N) is 5. The van der Waals surface area contributed by atoms with E-state index in [1.54, 1.807) is 17.0 Å². The van der Waals surface area contributed by atoms with E-state index in [0.717, 1.165) is 16.9 Å². The summed E-state index contributed by atoms with van der Waals surface area (Å²) in [6.45, 7) is 13.6. The molecule has 0 saturated carbocycles. The third kappa shape index (κ3) is 6.83. The first-order chi connectivity index (χ1) is 18.8. The van der Waals surface area contributed by atoms with Gasteiger partial charge in [-0.25, -0.2) is 14.8 Å². The Kier molecular flexibility index (Phi) is 8.87. The number of piperazine rings is 1. The van der Waals surface area contributed by atoms with Crippen LogP contribution in [-0.4, -0.2) is 82.0 Å². The molecule has 216 valence electrons. The molecule has 0 bridgehead atoms. The lowest BCUT2D eigenvalue weighted by molar-refractivity contribution is -0.133. The molecular formula is C29H39ClN6O4. The molecule has 1 unspecified atom stereocenters. The van der Waals surface area contributed by atoms with E-state index in [9.17, 15) is 14.4 Å². The molecular weight excluding hydrogens is 532 g/mol. The zero-order valence-corrected chi connectivity index (χ0v) is 24.9. The van der Waals surface area contributed by atoms with Crippen molar-refractivity contribution in [2.45, 2.75) is 65.5 Å². The molecule has 1 saturated heterocycles. The number of anilines is 2. The second-order valence-electron chi connectivity index (χ2n) is 11.8. The van der Waals surface area contributed by atoms with E-state index >= 15 is 0 Å². The van der Waals surface area contributed by atoms with E-state index in [0.29, 0.717) is 43.4 Å². The van der Waals surface area contributed by atoms with Crippen LogP contribution in [0.4, 0.5) is 16.4 Å². The first-order valence-electron chi connectivity index (χ1n) is 13.8. The molecule has 10 nitrogen and oxygen atoms in total. The molecule has 3 amide bonds. The van der Waals surface area contributed by atoms with E-state index in [1.807, 2.05) is 58.6 Å². The predicted octanol–water partition coefficient (Wildman–Crippen LogP) is 4.34. The Hall–Kier alpha value is -3.40. The van der Waals surface area contributed by atoms with E-state index < -0.39 is 17.6 Å². The largest absolute Gasteiger partial charge is 0.444 e. The van der Waals surface area contributed by atoms with Gasteiger partial charge in [-0.05, 0) is 58.7 Å². The summed E-state index contributed by atoms with van der Waals surface area (Å²) in [5, 5.41) is 3.45. The maximum atomic E-state index is 14.0. The van der Waals surface area contributed by atoms with Crippen LogP contribution in [0.5, 0.6) is 0 Å². The number of amides is 3. The highest BCUT2D eigenvalue weighted by Gasteiger charge is 2.35. The molecule has 40 heavy (non-hydrogen) atoms. The van der Waals surface area contributed by atoms with Crippen molar-refractivity contribution >= 4 is 41.1 Å². The topological polar surface area (TPSA) is 108 Å². The SMILES string of the molecule is CC1Cc2c(ncnc2N2CCN(C(=O)[C@@H](CN(C(=O)OC(C)(C)C)C(C)C)c3ccc(Cl)cc3)CC2)NC1=O. The minimum Gasteiger partial charge on any atom is -0.444 e. The van der Waals surface area contributed by atoms with Crippen LogP contribution in [0, 0.1) is 5.92 Å². The first kappa shape index (κ1) is 29.6. The van der Waals surface area contributed by atoms with Crippen LogP contribution in [0.15, 0.2) is 30.6 Å². The van der Waals surface area contributed by atoms with Gasteiger partial charge in [0, 0.05) is 55.3 Å². The number of hydrogen-bond donors (Lipinski definition) is 1. The van der Waals surface area contributed by atoms with Crippen molar-refractivity contribution in [3.05, 3.63) is 46.7 Å². The van der Waals surface area contributed by atoms with E-state index in [1.165, 1.54) is 6.33 Å². The van der Waals surface area contributed by atoms with Crippen LogP contribution in [-0.2, 0) is 20.7 Å². The third-order valence-corrected chi connectivity index (χ3v) is 7.47. The fourth-order valence-electron chi connectivity index (χ4n) is 5.00. The first-order valence-corrected chi connectivity index (χ1v) is 14.2. The molecule has 1 aromatic carbocycles. The monoisotopic (exact) mass is 570 g/mol. The van der Waals surface area contributed by atoms with Gasteiger partial charge in [0.1, 0.15) is 23.6 Å². The summed E-state index contributed by atoms with van der Waals surface area (Å²) in [5.41, 5.74) is 1.07. The van der Waals surface area contributed by atoms with Crippen molar-refractivity contribution in [1.29, 1.82) is 0 Å². The van der Waals surface area contributed by atoms with Crippen LogP contribution in [0.1, 0.15) is 58.6 Å². The Balaban J connectivity index is 1.52. The quantitative estimate of drug-likeness (QED) is 0.550. The molecule has 0 radical (unpaired) electrons. The molecule has 2 aliphatic rings. The third-order valence-electron chi connectivity index (χ3n) is 7.21. The van der Waals surface area contributed by atoms with Crippen molar-refractivity contribution in [3.8, 4) is 0 Å². The standard InChI is InChI=1S/C29H39ClN6O4/c1-18(2)36(28(39)40-29(4,5)6)16-23(20-7-9-21(30)10-8-20)27(38)35-13-11-34(12-14-35)25-22-15-19(3)26(37)33-24(22)31-17-32-25/h7-10,17-19,23H,11-16H2,1-6H3,(H,31,32,33,37)/t19?,23-/m0/s1. The number of aromatic nitrogens is 2. The van der Waals surface area contributed by atoms with Crippen molar-refractivity contribution < 1.29 is 19.1 Å². The normalized spacial score (nSPS) is 18.2. The second kappa shape index (κ2) is 12.0. The number of carbonyl (C=O) groups is 3. The highest BCUT2D eigenvalue weighted by molar-refractivity contribution is 6.30. The lowest BCUT2D eigenvalue weighted by atomic mass is 9.95. The highest BCUT2D eigenvalue weighted by Crippen LogP contribution is 2.31. The molecule has 0 aliphatic carbocycles.